The third-order valence-electron chi connectivity index (χ3n) is 18.3. The van der Waals surface area contributed by atoms with Gasteiger partial charge in [-0.25, -0.2) is 0 Å². The van der Waals surface area contributed by atoms with Gasteiger partial charge in [0.05, 0.1) is 11.7 Å². The molecule has 1 rings (SSSR count). The monoisotopic (exact) mass is 1380 g/mol. The molecule has 1 saturated heterocycles. The van der Waals surface area contributed by atoms with E-state index in [4.69, 9.17) is 0 Å². The summed E-state index contributed by atoms with van der Waals surface area (Å²) in [5.74, 6) is -9.73. The maximum absolute atomic E-state index is 15.4. The Morgan fingerprint density at radius 3 is 1.41 bits per heavy atom. The van der Waals surface area contributed by atoms with Crippen LogP contribution in [0.4, 0.5) is 0 Å². The van der Waals surface area contributed by atoms with Crippen LogP contribution in [0.25, 0.3) is 0 Å². The lowest BCUT2D eigenvalue weighted by Crippen LogP contribution is -2.64. The highest BCUT2D eigenvalue weighted by atomic mass is 32.2. The van der Waals surface area contributed by atoms with Gasteiger partial charge in [0.25, 0.3) is 0 Å². The SMILES string of the molecule is CC=CC[C@@H](C)[C@@H](O)[C@H]1C(=O)N[C@@H](CC)C(=O)N(C)[C@H](CSCCN(CC)C(C)C)C(=O)N(C)[C@@H](CC(C)(C)O)C(=O)N[C@@H](C(C)C)C(=O)N(C)[C@@H](CC(C)C)C(=O)N[C@@H](C)C(=O)N[C@H](C)C(=O)N(C)[C@@H](CC(C)C)C(=O)N(C)[C@@H](CC(C)C)C(=O)N(C)[C@@H](C(C)C)C(=O)N1C. The highest BCUT2D eigenvalue weighted by Crippen LogP contribution is 2.27. The van der Waals surface area contributed by atoms with Crippen LogP contribution < -0.4 is 21.3 Å². The van der Waals surface area contributed by atoms with E-state index < -0.39 is 161 Å². The molecule has 26 heteroatoms. The summed E-state index contributed by atoms with van der Waals surface area (Å²) < 4.78 is 0. The van der Waals surface area contributed by atoms with Gasteiger partial charge in [-0.2, -0.15) is 11.8 Å². The fourth-order valence-electron chi connectivity index (χ4n) is 12.1. The largest absolute Gasteiger partial charge is 0.390 e. The van der Waals surface area contributed by atoms with Gasteiger partial charge in [-0.3, -0.25) is 52.7 Å². The molecule has 0 unspecified atom stereocenters. The van der Waals surface area contributed by atoms with Crippen LogP contribution in [0.3, 0.4) is 0 Å². The summed E-state index contributed by atoms with van der Waals surface area (Å²) in [5.41, 5.74) is -1.59. The molecule has 0 saturated carbocycles. The molecule has 25 nitrogen and oxygen atoms in total. The Bertz CT molecular complexity index is 2610. The molecule has 1 fully saturated rings. The van der Waals surface area contributed by atoms with E-state index in [1.54, 1.807) is 54.5 Å². The van der Waals surface area contributed by atoms with Crippen molar-refractivity contribution in [3.63, 3.8) is 0 Å². The molecule has 0 aromatic heterocycles. The van der Waals surface area contributed by atoms with Crippen LogP contribution in [0.15, 0.2) is 12.2 Å². The van der Waals surface area contributed by atoms with Gasteiger partial charge in [0, 0.05) is 79.8 Å². The molecule has 11 amide bonds. The fourth-order valence-corrected chi connectivity index (χ4v) is 13.3. The lowest BCUT2D eigenvalue weighted by atomic mass is 9.91. The van der Waals surface area contributed by atoms with E-state index in [0.717, 1.165) is 16.3 Å². The van der Waals surface area contributed by atoms with Crippen LogP contribution in [0, 0.1) is 35.5 Å². The summed E-state index contributed by atoms with van der Waals surface area (Å²) in [6, 6.07) is -14.2. The predicted molar refractivity (Wildman–Crippen MR) is 379 cm³/mol. The van der Waals surface area contributed by atoms with Crippen molar-refractivity contribution in [2.75, 3.05) is 73.9 Å². The lowest BCUT2D eigenvalue weighted by molar-refractivity contribution is -0.157. The first kappa shape index (κ1) is 88.2. The number of hydrogen-bond acceptors (Lipinski definition) is 15. The molecular weight excluding hydrogens is 1250 g/mol. The minimum atomic E-state index is -1.66. The molecule has 0 aromatic carbocycles. The number of allylic oxidation sites excluding steroid dienone is 2. The Balaban J connectivity index is 4.60. The number of carbonyl (C=O) groups is 11. The maximum atomic E-state index is 15.4. The van der Waals surface area contributed by atoms with Crippen LogP contribution in [-0.4, -0.2) is 273 Å². The molecule has 6 N–H and O–H groups in total. The van der Waals surface area contributed by atoms with Crippen LogP contribution >= 0.6 is 11.8 Å². The van der Waals surface area contributed by atoms with Crippen molar-refractivity contribution in [2.45, 2.75) is 261 Å². The molecule has 0 aliphatic carbocycles. The molecule has 1 aliphatic heterocycles. The summed E-state index contributed by atoms with van der Waals surface area (Å²) in [4.78, 5) is 175. The fraction of sp³-hybridized carbons (Fsp3) is 0.814. The Kier molecular flexibility index (Phi) is 37.0. The average Bonchev–Trinajstić information content (AvgIpc) is 0.825. The van der Waals surface area contributed by atoms with Crippen molar-refractivity contribution in [2.24, 2.45) is 35.5 Å². The zero-order valence-electron chi connectivity index (χ0n) is 63.6. The Morgan fingerprint density at radius 2 is 0.948 bits per heavy atom. The normalized spacial score (nSPS) is 26.2. The van der Waals surface area contributed by atoms with E-state index in [1.165, 1.54) is 113 Å². The van der Waals surface area contributed by atoms with Crippen molar-refractivity contribution in [1.82, 2.24) is 60.5 Å². The number of thioether (sulfide) groups is 1. The molecule has 0 bridgehead atoms. The number of carbonyl (C=O) groups excluding carboxylic acids is 11. The number of nitrogens with zero attached hydrogens (tertiary/aromatic N) is 8. The Morgan fingerprint density at radius 1 is 0.510 bits per heavy atom. The minimum absolute atomic E-state index is 0.0123. The zero-order valence-corrected chi connectivity index (χ0v) is 64.4. The first-order valence-electron chi connectivity index (χ1n) is 34.7. The van der Waals surface area contributed by atoms with Crippen molar-refractivity contribution < 1.29 is 63.0 Å². The van der Waals surface area contributed by atoms with Crippen molar-refractivity contribution in [3.05, 3.63) is 12.2 Å². The molecule has 0 aromatic rings. The minimum Gasteiger partial charge on any atom is -0.390 e. The van der Waals surface area contributed by atoms with E-state index in [2.05, 4.69) is 40.0 Å². The second-order valence-corrected chi connectivity index (χ2v) is 30.6. The molecule has 552 valence electrons. The van der Waals surface area contributed by atoms with E-state index in [9.17, 15) is 29.4 Å². The number of aliphatic hydroxyl groups is 2. The summed E-state index contributed by atoms with van der Waals surface area (Å²) in [6.07, 6.45) is 2.36. The van der Waals surface area contributed by atoms with Crippen molar-refractivity contribution in [1.29, 1.82) is 0 Å². The van der Waals surface area contributed by atoms with Crippen LogP contribution in [0.5, 0.6) is 0 Å². The van der Waals surface area contributed by atoms with Crippen LogP contribution in [0.1, 0.15) is 177 Å². The second-order valence-electron chi connectivity index (χ2n) is 29.5. The summed E-state index contributed by atoms with van der Waals surface area (Å²) in [5, 5.41) is 34.8. The number of aliphatic hydroxyl groups excluding tert-OH is 1. The van der Waals surface area contributed by atoms with E-state index in [0.29, 0.717) is 12.3 Å². The third kappa shape index (κ3) is 25.5. The van der Waals surface area contributed by atoms with Gasteiger partial charge in [-0.1, -0.05) is 102 Å². The molecule has 1 aliphatic rings. The van der Waals surface area contributed by atoms with Gasteiger partial charge in [0.1, 0.15) is 66.5 Å². The second kappa shape index (κ2) is 40.3. The summed E-state index contributed by atoms with van der Waals surface area (Å²) in [6.45, 7) is 36.6. The zero-order chi connectivity index (χ0) is 74.5. The number of rotatable bonds is 22. The first-order valence-corrected chi connectivity index (χ1v) is 35.8. The van der Waals surface area contributed by atoms with Gasteiger partial charge in [0.15, 0.2) is 0 Å². The Labute approximate surface area is 580 Å². The van der Waals surface area contributed by atoms with Crippen LogP contribution in [0.2, 0.25) is 0 Å². The van der Waals surface area contributed by atoms with Crippen molar-refractivity contribution in [3.8, 4) is 0 Å². The quantitative estimate of drug-likeness (QED) is 0.0654. The number of likely N-dealkylation sites (N-methyl/N-ethyl adjacent to an activating group) is 7. The highest BCUT2D eigenvalue weighted by Gasteiger charge is 2.47. The molecular formula is C70H128N12O13S. The van der Waals surface area contributed by atoms with Gasteiger partial charge in [-0.15, -0.1) is 0 Å². The van der Waals surface area contributed by atoms with Crippen LogP contribution in [-0.2, 0) is 52.7 Å². The third-order valence-corrected chi connectivity index (χ3v) is 19.3. The molecule has 96 heavy (non-hydrogen) atoms. The standard InChI is InChI=1S/C70H128N12O13S/c1-28-31-32-46(16)58(83)57-62(87)73-49(29-2)64(89)79(25)54(39-96-34-33-82(30-3)45(14)15)67(92)78(24)53(38-70(19,20)95)61(86)74-55(43(10)11)68(93)75(21)50(35-40(4)5)60(85)71-47(17)59(84)72-48(18)63(88)76(22)51(36-41(6)7)65(90)77(23)52(37-42(8)9)66(91)80(26)56(44(12)13)69(94)81(57)27/h28,31,40-58,83,95H,29-30,32-39H2,1-27H3,(H,71,85)(H,72,84)(H,73,87)(H,74,86)/t46-,47+,48-,49+,50+,51+,52+,53+,54-,55+,56+,57+,58-/m1/s1. The van der Waals surface area contributed by atoms with Gasteiger partial charge < -0.3 is 70.7 Å². The van der Waals surface area contributed by atoms with Gasteiger partial charge in [0.2, 0.25) is 65.0 Å². The molecule has 1 heterocycles. The topological polar surface area (TPSA) is 302 Å². The van der Waals surface area contributed by atoms with E-state index in [-0.39, 0.29) is 68.1 Å². The van der Waals surface area contributed by atoms with Crippen molar-refractivity contribution >= 4 is 76.7 Å². The first-order chi connectivity index (χ1) is 44.3. The predicted octanol–water partition coefficient (Wildman–Crippen LogP) is 4.22. The molecule has 0 radical (unpaired) electrons. The molecule has 13 atom stereocenters. The summed E-state index contributed by atoms with van der Waals surface area (Å²) in [7, 11) is 9.90. The Hall–Kier alpha value is -5.86. The number of nitrogens with one attached hydrogen (secondary N) is 4. The number of amides is 11. The lowest BCUT2D eigenvalue weighted by Gasteiger charge is -2.41. The maximum Gasteiger partial charge on any atom is 0.246 e. The average molecular weight is 1380 g/mol. The summed E-state index contributed by atoms with van der Waals surface area (Å²) >= 11 is 1.40. The molecule has 0 spiro atoms. The highest BCUT2D eigenvalue weighted by molar-refractivity contribution is 7.99. The number of hydrogen-bond donors (Lipinski definition) is 6. The smallest absolute Gasteiger partial charge is 0.246 e. The van der Waals surface area contributed by atoms with Gasteiger partial charge >= 0.3 is 0 Å². The van der Waals surface area contributed by atoms with E-state index >= 15 is 33.6 Å². The van der Waals surface area contributed by atoms with E-state index in [1.807, 2.05) is 54.5 Å². The van der Waals surface area contributed by atoms with Gasteiger partial charge in [-0.05, 0) is 123 Å².